The maximum absolute atomic E-state index is 10.9. The Morgan fingerprint density at radius 1 is 0.810 bits per heavy atom. The Morgan fingerprint density at radius 2 is 1.33 bits per heavy atom. The van der Waals surface area contributed by atoms with Crippen LogP contribution < -0.4 is 0 Å². The van der Waals surface area contributed by atoms with Crippen molar-refractivity contribution in [3.63, 3.8) is 0 Å². The molecule has 0 rings (SSSR count). The zero-order valence-electron chi connectivity index (χ0n) is 13.3. The number of unbranched alkanes of at least 4 members (excludes halogenated alkanes) is 8. The summed E-state index contributed by atoms with van der Waals surface area (Å²) in [5.41, 5.74) is 0. The Hall–Kier alpha value is -1.32. The lowest BCUT2D eigenvalue weighted by atomic mass is 10.1. The molecular weight excluding hydrogens is 268 g/mol. The molecule has 0 atom stereocenters. The van der Waals surface area contributed by atoms with Gasteiger partial charge in [-0.3, -0.25) is 9.59 Å². The fraction of sp³-hybridized carbons (Fsp3) is 0.765. The summed E-state index contributed by atoms with van der Waals surface area (Å²) >= 11 is 0. The van der Waals surface area contributed by atoms with Crippen LogP contribution in [0.5, 0.6) is 0 Å². The number of hydrogen-bond acceptors (Lipinski definition) is 3. The lowest BCUT2D eigenvalue weighted by molar-refractivity contribution is -0.140. The molecule has 0 aliphatic carbocycles. The lowest BCUT2D eigenvalue weighted by Crippen LogP contribution is -1.99. The smallest absolute Gasteiger partial charge is 0.305 e. The molecule has 0 aliphatic rings. The van der Waals surface area contributed by atoms with Gasteiger partial charge in [0, 0.05) is 12.8 Å². The van der Waals surface area contributed by atoms with E-state index < -0.39 is 5.97 Å². The summed E-state index contributed by atoms with van der Waals surface area (Å²) in [6, 6.07) is 0. The molecule has 122 valence electrons. The monoisotopic (exact) mass is 298 g/mol. The second kappa shape index (κ2) is 15.1. The van der Waals surface area contributed by atoms with E-state index in [1.54, 1.807) is 0 Å². The first-order chi connectivity index (χ1) is 10.2. The summed E-state index contributed by atoms with van der Waals surface area (Å²) in [6.45, 7) is 0. The molecular formula is C17H30O4. The minimum Gasteiger partial charge on any atom is -0.481 e. The molecule has 0 aromatic heterocycles. The van der Waals surface area contributed by atoms with Crippen LogP contribution in [0.1, 0.15) is 77.0 Å². The molecule has 0 bridgehead atoms. The molecule has 0 saturated heterocycles. The summed E-state index contributed by atoms with van der Waals surface area (Å²) in [5, 5.41) is 8.48. The van der Waals surface area contributed by atoms with Crippen LogP contribution in [-0.2, 0) is 14.3 Å². The summed E-state index contributed by atoms with van der Waals surface area (Å²) in [6.07, 6.45) is 16.0. The van der Waals surface area contributed by atoms with Crippen LogP contribution in [0.25, 0.3) is 0 Å². The van der Waals surface area contributed by atoms with Crippen LogP contribution in [0, 0.1) is 0 Å². The van der Waals surface area contributed by atoms with Gasteiger partial charge in [0.05, 0.1) is 7.11 Å². The number of esters is 1. The minimum atomic E-state index is -0.713. The van der Waals surface area contributed by atoms with Crippen LogP contribution in [0.2, 0.25) is 0 Å². The predicted octanol–water partition coefficient (Wildman–Crippen LogP) is 4.48. The van der Waals surface area contributed by atoms with Crippen molar-refractivity contribution in [2.45, 2.75) is 77.0 Å². The Balaban J connectivity index is 3.13. The van der Waals surface area contributed by atoms with Crippen molar-refractivity contribution in [2.24, 2.45) is 0 Å². The van der Waals surface area contributed by atoms with Crippen molar-refractivity contribution in [3.8, 4) is 0 Å². The highest BCUT2D eigenvalue weighted by Gasteiger charge is 1.98. The second-order valence-electron chi connectivity index (χ2n) is 5.35. The van der Waals surface area contributed by atoms with Gasteiger partial charge in [0.2, 0.25) is 0 Å². The summed E-state index contributed by atoms with van der Waals surface area (Å²) in [5.74, 6) is -0.819. The number of carboxylic acids is 1. The largest absolute Gasteiger partial charge is 0.481 e. The second-order valence-corrected chi connectivity index (χ2v) is 5.35. The molecule has 0 amide bonds. The minimum absolute atomic E-state index is 0.106. The third kappa shape index (κ3) is 16.6. The topological polar surface area (TPSA) is 63.6 Å². The molecule has 0 saturated carbocycles. The molecule has 21 heavy (non-hydrogen) atoms. The van der Waals surface area contributed by atoms with Crippen LogP contribution in [0.15, 0.2) is 12.2 Å². The highest BCUT2D eigenvalue weighted by atomic mass is 16.5. The van der Waals surface area contributed by atoms with Crippen LogP contribution in [-0.4, -0.2) is 24.2 Å². The van der Waals surface area contributed by atoms with E-state index in [1.807, 2.05) is 0 Å². The van der Waals surface area contributed by atoms with Gasteiger partial charge >= 0.3 is 11.9 Å². The van der Waals surface area contributed by atoms with Gasteiger partial charge < -0.3 is 9.84 Å². The molecule has 0 aliphatic heterocycles. The van der Waals surface area contributed by atoms with Gasteiger partial charge in [-0.05, 0) is 32.1 Å². The fourth-order valence-electron chi connectivity index (χ4n) is 2.12. The van der Waals surface area contributed by atoms with Crippen molar-refractivity contribution in [3.05, 3.63) is 12.2 Å². The number of ether oxygens (including phenoxy) is 1. The summed E-state index contributed by atoms with van der Waals surface area (Å²) < 4.78 is 4.59. The van der Waals surface area contributed by atoms with Gasteiger partial charge in [-0.15, -0.1) is 0 Å². The summed E-state index contributed by atoms with van der Waals surface area (Å²) in [4.78, 5) is 21.2. The average Bonchev–Trinajstić information content (AvgIpc) is 2.46. The number of rotatable bonds is 14. The lowest BCUT2D eigenvalue weighted by Gasteiger charge is -2.01. The molecule has 0 unspecified atom stereocenters. The number of methoxy groups -OCH3 is 1. The van der Waals surface area contributed by atoms with E-state index >= 15 is 0 Å². The zero-order valence-corrected chi connectivity index (χ0v) is 13.3. The number of carbonyl (C=O) groups excluding carboxylic acids is 1. The standard InChI is InChI=1S/C17H30O4/c1-21-17(20)15-13-11-9-7-5-3-2-4-6-8-10-12-14-16(18)19/h6,8H,2-5,7,9-15H2,1H3,(H,18,19)/b8-6-. The quantitative estimate of drug-likeness (QED) is 0.292. The van der Waals surface area contributed by atoms with E-state index in [4.69, 9.17) is 5.11 Å². The van der Waals surface area contributed by atoms with Gasteiger partial charge in [-0.1, -0.05) is 44.3 Å². The van der Waals surface area contributed by atoms with Crippen LogP contribution in [0.4, 0.5) is 0 Å². The Morgan fingerprint density at radius 3 is 1.90 bits per heavy atom. The maximum Gasteiger partial charge on any atom is 0.305 e. The molecule has 0 radical (unpaired) electrons. The molecule has 0 aromatic rings. The number of carboxylic acid groups (broad SMARTS) is 1. The Bertz CT molecular complexity index is 297. The molecule has 0 aromatic carbocycles. The van der Waals surface area contributed by atoms with Crippen molar-refractivity contribution in [1.29, 1.82) is 0 Å². The number of aliphatic carboxylic acids is 1. The zero-order chi connectivity index (χ0) is 15.8. The van der Waals surface area contributed by atoms with Gasteiger partial charge in [0.15, 0.2) is 0 Å². The molecule has 0 heterocycles. The van der Waals surface area contributed by atoms with E-state index in [2.05, 4.69) is 16.9 Å². The number of carbonyl (C=O) groups is 2. The van der Waals surface area contributed by atoms with Crippen LogP contribution in [0.3, 0.4) is 0 Å². The first kappa shape index (κ1) is 19.7. The van der Waals surface area contributed by atoms with Crippen molar-refractivity contribution < 1.29 is 19.4 Å². The fourth-order valence-corrected chi connectivity index (χ4v) is 2.12. The molecule has 4 nitrogen and oxygen atoms in total. The van der Waals surface area contributed by atoms with Gasteiger partial charge in [0.1, 0.15) is 0 Å². The van der Waals surface area contributed by atoms with Crippen molar-refractivity contribution in [1.82, 2.24) is 0 Å². The highest BCUT2D eigenvalue weighted by molar-refractivity contribution is 5.69. The van der Waals surface area contributed by atoms with Gasteiger partial charge in [0.25, 0.3) is 0 Å². The Kier molecular flexibility index (Phi) is 14.1. The molecule has 0 spiro atoms. The maximum atomic E-state index is 10.9. The normalized spacial score (nSPS) is 10.9. The first-order valence-electron chi connectivity index (χ1n) is 8.10. The van der Waals surface area contributed by atoms with E-state index in [0.29, 0.717) is 6.42 Å². The van der Waals surface area contributed by atoms with Crippen molar-refractivity contribution in [2.75, 3.05) is 7.11 Å². The van der Waals surface area contributed by atoms with Gasteiger partial charge in [-0.25, -0.2) is 0 Å². The van der Waals surface area contributed by atoms with Gasteiger partial charge in [-0.2, -0.15) is 0 Å². The number of allylic oxidation sites excluding steroid dienone is 2. The molecule has 1 N–H and O–H groups in total. The average molecular weight is 298 g/mol. The van der Waals surface area contributed by atoms with Crippen LogP contribution >= 0.6 is 0 Å². The van der Waals surface area contributed by atoms with E-state index in [9.17, 15) is 9.59 Å². The highest BCUT2D eigenvalue weighted by Crippen LogP contribution is 2.10. The molecule has 0 fully saturated rings. The first-order valence-corrected chi connectivity index (χ1v) is 8.10. The summed E-state index contributed by atoms with van der Waals surface area (Å²) in [7, 11) is 1.43. The third-order valence-corrected chi connectivity index (χ3v) is 3.41. The Labute approximate surface area is 128 Å². The predicted molar refractivity (Wildman–Crippen MR) is 84.2 cm³/mol. The SMILES string of the molecule is COC(=O)CCCCCCCCC/C=C\CCCC(=O)O. The van der Waals surface area contributed by atoms with E-state index in [0.717, 1.165) is 32.1 Å². The third-order valence-electron chi connectivity index (χ3n) is 3.41. The number of hydrogen-bond donors (Lipinski definition) is 1. The van der Waals surface area contributed by atoms with E-state index in [-0.39, 0.29) is 12.4 Å². The van der Waals surface area contributed by atoms with E-state index in [1.165, 1.54) is 39.2 Å². The van der Waals surface area contributed by atoms with Crippen molar-refractivity contribution >= 4 is 11.9 Å². The molecule has 4 heteroatoms.